The average molecular weight is 597 g/mol. The number of rotatable bonds is 6. The van der Waals surface area contributed by atoms with Gasteiger partial charge in [0.15, 0.2) is 5.60 Å². The Kier molecular flexibility index (Phi) is 7.54. The fourth-order valence-corrected chi connectivity index (χ4v) is 7.08. The van der Waals surface area contributed by atoms with Gasteiger partial charge in [-0.1, -0.05) is 41.9 Å². The predicted octanol–water partition coefficient (Wildman–Crippen LogP) is 5.74. The molecule has 1 amide bonds. The Morgan fingerprint density at radius 3 is 2.50 bits per heavy atom. The van der Waals surface area contributed by atoms with Crippen molar-refractivity contribution in [2.75, 3.05) is 13.6 Å². The highest BCUT2D eigenvalue weighted by Crippen LogP contribution is 2.51. The molecule has 0 spiro atoms. The summed E-state index contributed by atoms with van der Waals surface area (Å²) >= 11 is 6.63. The molecule has 6 rings (SSSR count). The molecule has 1 saturated carbocycles. The summed E-state index contributed by atoms with van der Waals surface area (Å²) in [6.07, 6.45) is 2.97. The Bertz CT molecular complexity index is 1540. The fraction of sp³-hybridized carbons (Fsp3) is 0.424. The maximum absolute atomic E-state index is 16.4. The first-order valence-corrected chi connectivity index (χ1v) is 14.9. The minimum atomic E-state index is -0.952. The lowest BCUT2D eigenvalue weighted by Crippen LogP contribution is -2.48. The van der Waals surface area contributed by atoms with Crippen LogP contribution in [0.15, 0.2) is 42.5 Å². The second kappa shape index (κ2) is 10.9. The van der Waals surface area contributed by atoms with Crippen molar-refractivity contribution in [2.24, 2.45) is 0 Å². The van der Waals surface area contributed by atoms with Gasteiger partial charge >= 0.3 is 0 Å². The number of fused-ring (bicyclic) bond motifs is 2. The monoisotopic (exact) mass is 596 g/mol. The molecule has 3 aliphatic rings. The number of nitrogens with one attached hydrogen (secondary N) is 2. The van der Waals surface area contributed by atoms with E-state index < -0.39 is 34.8 Å². The van der Waals surface area contributed by atoms with Gasteiger partial charge in [-0.2, -0.15) is 0 Å². The summed E-state index contributed by atoms with van der Waals surface area (Å²) < 4.78 is 38.5. The van der Waals surface area contributed by atoms with E-state index in [1.807, 2.05) is 37.3 Å². The zero-order valence-corrected chi connectivity index (χ0v) is 24.5. The molecular weight excluding hydrogens is 562 g/mol. The number of hydrogen-bond acceptors (Lipinski definition) is 5. The van der Waals surface area contributed by atoms with Gasteiger partial charge in [-0.3, -0.25) is 4.79 Å². The quantitative estimate of drug-likeness (QED) is 0.291. The van der Waals surface area contributed by atoms with Gasteiger partial charge < -0.3 is 25.6 Å². The molecular formula is C33H35ClF2N2O4. The number of carbonyl (C=O) groups excluding carboxylic acids is 1. The topological polar surface area (TPSA) is 90.8 Å². The number of hydrogen-bond donors (Lipinski definition) is 4. The lowest BCUT2D eigenvalue weighted by Gasteiger charge is -2.36. The maximum atomic E-state index is 16.4. The molecule has 3 aromatic carbocycles. The predicted molar refractivity (Wildman–Crippen MR) is 157 cm³/mol. The lowest BCUT2D eigenvalue weighted by molar-refractivity contribution is 0.0104. The summed E-state index contributed by atoms with van der Waals surface area (Å²) in [5.74, 6) is -1.78. The van der Waals surface area contributed by atoms with E-state index in [-0.39, 0.29) is 39.9 Å². The summed E-state index contributed by atoms with van der Waals surface area (Å²) in [5, 5.41) is 26.8. The SMILES string of the molecule is CNC(=O)c1cc2c(c(F)c1-c1c(Cl)c(F)cc3c1C[C@@](CNC1CCC(C)(O)CC1)(c1ccccc1)O3)CCC2O. The summed E-state index contributed by atoms with van der Waals surface area (Å²) in [7, 11) is 1.44. The van der Waals surface area contributed by atoms with Gasteiger partial charge in [0.1, 0.15) is 17.4 Å². The molecule has 4 N–H and O–H groups in total. The van der Waals surface area contributed by atoms with Crippen molar-refractivity contribution in [2.45, 2.75) is 75.2 Å². The van der Waals surface area contributed by atoms with E-state index in [1.165, 1.54) is 19.2 Å². The third-order valence-electron chi connectivity index (χ3n) is 9.24. The Morgan fingerprint density at radius 2 is 1.81 bits per heavy atom. The van der Waals surface area contributed by atoms with E-state index in [4.69, 9.17) is 16.3 Å². The molecule has 6 nitrogen and oxygen atoms in total. The maximum Gasteiger partial charge on any atom is 0.251 e. The molecule has 222 valence electrons. The van der Waals surface area contributed by atoms with E-state index in [0.29, 0.717) is 48.9 Å². The molecule has 0 bridgehead atoms. The molecule has 1 heterocycles. The Hall–Kier alpha value is -3.04. The van der Waals surface area contributed by atoms with Crippen LogP contribution in [0.1, 0.15) is 77.7 Å². The first-order chi connectivity index (χ1) is 20.0. The summed E-state index contributed by atoms with van der Waals surface area (Å²) in [4.78, 5) is 13.1. The molecule has 0 radical (unpaired) electrons. The minimum absolute atomic E-state index is 0.0194. The van der Waals surface area contributed by atoms with E-state index in [9.17, 15) is 15.0 Å². The zero-order chi connectivity index (χ0) is 29.8. The third-order valence-corrected chi connectivity index (χ3v) is 9.61. The Balaban J connectivity index is 1.47. The second-order valence-corrected chi connectivity index (χ2v) is 12.5. The molecule has 9 heteroatoms. The van der Waals surface area contributed by atoms with Gasteiger partial charge in [0.25, 0.3) is 5.91 Å². The van der Waals surface area contributed by atoms with Crippen molar-refractivity contribution in [1.29, 1.82) is 0 Å². The number of aliphatic hydroxyl groups is 2. The van der Waals surface area contributed by atoms with Gasteiger partial charge in [0.2, 0.25) is 0 Å². The zero-order valence-electron chi connectivity index (χ0n) is 23.7. The van der Waals surface area contributed by atoms with Crippen molar-refractivity contribution >= 4 is 17.5 Å². The van der Waals surface area contributed by atoms with Crippen LogP contribution >= 0.6 is 11.6 Å². The molecule has 1 unspecified atom stereocenters. The summed E-state index contributed by atoms with van der Waals surface area (Å²) in [6, 6.07) is 12.5. The van der Waals surface area contributed by atoms with Gasteiger partial charge in [-0.05, 0) is 68.2 Å². The van der Waals surface area contributed by atoms with E-state index in [2.05, 4.69) is 10.6 Å². The smallest absolute Gasteiger partial charge is 0.251 e. The van der Waals surface area contributed by atoms with Crippen LogP contribution < -0.4 is 15.4 Å². The van der Waals surface area contributed by atoms with Crippen molar-refractivity contribution in [1.82, 2.24) is 10.6 Å². The molecule has 1 fully saturated rings. The van der Waals surface area contributed by atoms with Crippen molar-refractivity contribution in [3.63, 3.8) is 0 Å². The molecule has 0 aromatic heterocycles. The highest BCUT2D eigenvalue weighted by Gasteiger charge is 2.45. The number of aliphatic hydroxyl groups excluding tert-OH is 1. The molecule has 42 heavy (non-hydrogen) atoms. The molecule has 3 aromatic rings. The number of amides is 1. The summed E-state index contributed by atoms with van der Waals surface area (Å²) in [5.41, 5.74) is 0.421. The van der Waals surface area contributed by atoms with Crippen LogP contribution in [0.2, 0.25) is 5.02 Å². The number of benzene rings is 3. The van der Waals surface area contributed by atoms with Crippen LogP contribution in [0.4, 0.5) is 8.78 Å². The standard InChI is InChI=1S/C33H35ClF2N2O4/c1-32(41)12-10-19(11-13-32)38-17-33(18-6-4-3-5-7-18)16-23-26(42-33)15-24(35)29(34)27(23)28-22(31(40)37-2)14-21-20(30(28)36)8-9-25(21)39/h3-7,14-15,19,25,38-39,41H,8-13,16-17H2,1-2H3,(H,37,40)/t19?,25?,32?,33-/m1/s1. The van der Waals surface area contributed by atoms with Crippen molar-refractivity contribution < 1.29 is 28.5 Å². The van der Waals surface area contributed by atoms with Crippen LogP contribution in [0, 0.1) is 11.6 Å². The van der Waals surface area contributed by atoms with Crippen LogP contribution in [0.3, 0.4) is 0 Å². The number of halogens is 3. The van der Waals surface area contributed by atoms with Crippen LogP contribution in [-0.2, 0) is 18.4 Å². The molecule has 0 saturated heterocycles. The average Bonchev–Trinajstić information content (AvgIpc) is 3.54. The fourth-order valence-electron chi connectivity index (χ4n) is 6.81. The van der Waals surface area contributed by atoms with E-state index in [1.54, 1.807) is 0 Å². The number of carbonyl (C=O) groups is 1. The highest BCUT2D eigenvalue weighted by molar-refractivity contribution is 6.34. The molecule has 2 atom stereocenters. The molecule has 2 aliphatic carbocycles. The van der Waals surface area contributed by atoms with Gasteiger partial charge in [-0.25, -0.2) is 8.78 Å². The Labute approximate surface area is 249 Å². The number of ether oxygens (including phenoxy) is 1. The summed E-state index contributed by atoms with van der Waals surface area (Å²) in [6.45, 7) is 2.25. The lowest BCUT2D eigenvalue weighted by atomic mass is 9.82. The minimum Gasteiger partial charge on any atom is -0.480 e. The molecule has 1 aliphatic heterocycles. The van der Waals surface area contributed by atoms with Gasteiger partial charge in [-0.15, -0.1) is 0 Å². The Morgan fingerprint density at radius 1 is 1.10 bits per heavy atom. The normalized spacial score (nSPS) is 26.5. The van der Waals surface area contributed by atoms with Gasteiger partial charge in [0, 0.05) is 48.8 Å². The van der Waals surface area contributed by atoms with E-state index in [0.717, 1.165) is 18.4 Å². The first kappa shape index (κ1) is 29.1. The van der Waals surface area contributed by atoms with Crippen LogP contribution in [-0.4, -0.2) is 41.4 Å². The van der Waals surface area contributed by atoms with Crippen molar-refractivity contribution in [3.05, 3.63) is 86.9 Å². The first-order valence-electron chi connectivity index (χ1n) is 14.5. The second-order valence-electron chi connectivity index (χ2n) is 12.1. The van der Waals surface area contributed by atoms with Crippen molar-refractivity contribution in [3.8, 4) is 16.9 Å². The van der Waals surface area contributed by atoms with E-state index >= 15 is 8.78 Å². The van der Waals surface area contributed by atoms with Crippen LogP contribution in [0.5, 0.6) is 5.75 Å². The largest absolute Gasteiger partial charge is 0.480 e. The van der Waals surface area contributed by atoms with Gasteiger partial charge in [0.05, 0.1) is 22.3 Å². The highest BCUT2D eigenvalue weighted by atomic mass is 35.5. The third kappa shape index (κ3) is 4.98. The van der Waals surface area contributed by atoms with Crippen LogP contribution in [0.25, 0.3) is 11.1 Å².